The molecule has 1 saturated carbocycles. The zero-order valence-electron chi connectivity index (χ0n) is 16.0. The van der Waals surface area contributed by atoms with Crippen molar-refractivity contribution in [2.24, 2.45) is 11.3 Å². The van der Waals surface area contributed by atoms with Gasteiger partial charge in [-0.15, -0.1) is 0 Å². The first kappa shape index (κ1) is 19.5. The van der Waals surface area contributed by atoms with E-state index in [9.17, 15) is 8.42 Å². The van der Waals surface area contributed by atoms with E-state index in [1.54, 1.807) is 12.1 Å². The Hall–Kier alpha value is -0.870. The van der Waals surface area contributed by atoms with E-state index in [1.165, 1.54) is 0 Å². The van der Waals surface area contributed by atoms with Gasteiger partial charge in [0.1, 0.15) is 0 Å². The molecule has 0 aliphatic heterocycles. The standard InChI is InChI=1S/C20H33NO2S/c1-19(2,3)15-7-11-17(12-8-15)21-24(22,23)18-13-9-16(10-14-18)20(4,5)6/h9-10,13-15,17,21H,7-8,11-12H2,1-6H3. The van der Waals surface area contributed by atoms with Crippen molar-refractivity contribution in [1.82, 2.24) is 4.72 Å². The van der Waals surface area contributed by atoms with Gasteiger partial charge in [-0.2, -0.15) is 0 Å². The van der Waals surface area contributed by atoms with Crippen LogP contribution in [0.15, 0.2) is 29.2 Å². The normalized spacial score (nSPS) is 23.2. The molecule has 0 spiro atoms. The Labute approximate surface area is 148 Å². The molecule has 0 amide bonds. The van der Waals surface area contributed by atoms with Crippen LogP contribution in [0.1, 0.15) is 72.8 Å². The van der Waals surface area contributed by atoms with Gasteiger partial charge < -0.3 is 0 Å². The smallest absolute Gasteiger partial charge is 0.208 e. The van der Waals surface area contributed by atoms with Crippen molar-refractivity contribution < 1.29 is 8.42 Å². The highest BCUT2D eigenvalue weighted by Crippen LogP contribution is 2.38. The Morgan fingerprint density at radius 1 is 0.875 bits per heavy atom. The van der Waals surface area contributed by atoms with Crippen LogP contribution in [-0.2, 0) is 15.4 Å². The van der Waals surface area contributed by atoms with Gasteiger partial charge in [-0.3, -0.25) is 0 Å². The predicted molar refractivity (Wildman–Crippen MR) is 101 cm³/mol. The van der Waals surface area contributed by atoms with Crippen molar-refractivity contribution in [3.8, 4) is 0 Å². The van der Waals surface area contributed by atoms with Crippen molar-refractivity contribution in [1.29, 1.82) is 0 Å². The minimum atomic E-state index is -3.43. The van der Waals surface area contributed by atoms with Gasteiger partial charge in [-0.05, 0) is 60.1 Å². The summed E-state index contributed by atoms with van der Waals surface area (Å²) in [7, 11) is -3.43. The molecule has 0 bridgehead atoms. The maximum absolute atomic E-state index is 12.6. The lowest BCUT2D eigenvalue weighted by molar-refractivity contribution is 0.166. The maximum Gasteiger partial charge on any atom is 0.240 e. The summed E-state index contributed by atoms with van der Waals surface area (Å²) in [5, 5.41) is 0. The molecule has 4 heteroatoms. The van der Waals surface area contributed by atoms with E-state index < -0.39 is 10.0 Å². The van der Waals surface area contributed by atoms with Gasteiger partial charge >= 0.3 is 0 Å². The van der Waals surface area contributed by atoms with Crippen LogP contribution in [0.25, 0.3) is 0 Å². The summed E-state index contributed by atoms with van der Waals surface area (Å²) in [6, 6.07) is 7.36. The van der Waals surface area contributed by atoms with Crippen LogP contribution in [0.2, 0.25) is 0 Å². The summed E-state index contributed by atoms with van der Waals surface area (Å²) in [5.41, 5.74) is 1.49. The number of rotatable bonds is 3. The van der Waals surface area contributed by atoms with Gasteiger partial charge in [0.15, 0.2) is 0 Å². The van der Waals surface area contributed by atoms with Crippen molar-refractivity contribution in [2.75, 3.05) is 0 Å². The molecular formula is C20H33NO2S. The molecule has 0 atom stereocenters. The fourth-order valence-corrected chi connectivity index (χ4v) is 4.80. The highest BCUT2D eigenvalue weighted by atomic mass is 32.2. The lowest BCUT2D eigenvalue weighted by Gasteiger charge is -2.37. The monoisotopic (exact) mass is 351 g/mol. The van der Waals surface area contributed by atoms with Crippen LogP contribution in [0.5, 0.6) is 0 Å². The first-order chi connectivity index (χ1) is 10.9. The Balaban J connectivity index is 2.02. The van der Waals surface area contributed by atoms with Crippen LogP contribution in [0, 0.1) is 11.3 Å². The molecule has 0 radical (unpaired) electrons. The lowest BCUT2D eigenvalue weighted by Crippen LogP contribution is -2.39. The quantitative estimate of drug-likeness (QED) is 0.844. The molecule has 1 fully saturated rings. The Kier molecular flexibility index (Phi) is 5.51. The first-order valence-corrected chi connectivity index (χ1v) is 10.5. The fraction of sp³-hybridized carbons (Fsp3) is 0.700. The Morgan fingerprint density at radius 2 is 1.38 bits per heavy atom. The average Bonchev–Trinajstić information content (AvgIpc) is 2.46. The average molecular weight is 352 g/mol. The van der Waals surface area contributed by atoms with Crippen LogP contribution >= 0.6 is 0 Å². The molecule has 24 heavy (non-hydrogen) atoms. The van der Waals surface area contributed by atoms with Crippen molar-refractivity contribution in [3.05, 3.63) is 29.8 Å². The van der Waals surface area contributed by atoms with E-state index in [0.717, 1.165) is 31.2 Å². The largest absolute Gasteiger partial charge is 0.240 e. The third-order valence-corrected chi connectivity index (χ3v) is 6.84. The number of sulfonamides is 1. The van der Waals surface area contributed by atoms with Gasteiger partial charge in [-0.25, -0.2) is 13.1 Å². The SMILES string of the molecule is CC(C)(C)c1ccc(S(=O)(=O)NC2CCC(C(C)(C)C)CC2)cc1. The van der Waals surface area contributed by atoms with Gasteiger partial charge in [-0.1, -0.05) is 53.7 Å². The zero-order chi connectivity index (χ0) is 18.2. The van der Waals surface area contributed by atoms with Gasteiger partial charge in [0.2, 0.25) is 10.0 Å². The number of nitrogens with one attached hydrogen (secondary N) is 1. The van der Waals surface area contributed by atoms with E-state index in [-0.39, 0.29) is 11.5 Å². The second-order valence-electron chi connectivity index (χ2n) is 9.31. The molecule has 136 valence electrons. The highest BCUT2D eigenvalue weighted by molar-refractivity contribution is 7.89. The van der Waals surface area contributed by atoms with Crippen LogP contribution in [0.3, 0.4) is 0 Å². The molecule has 2 rings (SSSR count). The molecule has 1 aromatic rings. The summed E-state index contributed by atoms with van der Waals surface area (Å²) in [6.07, 6.45) is 4.06. The minimum absolute atomic E-state index is 0.0288. The van der Waals surface area contributed by atoms with E-state index in [0.29, 0.717) is 16.2 Å². The predicted octanol–water partition coefficient (Wildman–Crippen LogP) is 4.87. The number of hydrogen-bond acceptors (Lipinski definition) is 2. The van der Waals surface area contributed by atoms with Gasteiger partial charge in [0.25, 0.3) is 0 Å². The summed E-state index contributed by atoms with van der Waals surface area (Å²) in [4.78, 5) is 0.369. The third-order valence-electron chi connectivity index (χ3n) is 5.30. The second kappa shape index (κ2) is 6.80. The molecule has 1 aliphatic rings. The second-order valence-corrected chi connectivity index (χ2v) is 11.0. The summed E-state index contributed by atoms with van der Waals surface area (Å²) < 4.78 is 28.2. The third kappa shape index (κ3) is 4.82. The Bertz CT molecular complexity index is 640. The van der Waals surface area contributed by atoms with E-state index in [2.05, 4.69) is 46.3 Å². The number of hydrogen-bond donors (Lipinski definition) is 1. The van der Waals surface area contributed by atoms with E-state index in [1.807, 2.05) is 12.1 Å². The minimum Gasteiger partial charge on any atom is -0.208 e. The van der Waals surface area contributed by atoms with Crippen LogP contribution in [0.4, 0.5) is 0 Å². The summed E-state index contributed by atoms with van der Waals surface area (Å²) >= 11 is 0. The van der Waals surface area contributed by atoms with Crippen LogP contribution in [-0.4, -0.2) is 14.5 Å². The molecule has 0 heterocycles. The highest BCUT2D eigenvalue weighted by Gasteiger charge is 2.31. The van der Waals surface area contributed by atoms with Gasteiger partial charge in [0, 0.05) is 6.04 Å². The maximum atomic E-state index is 12.6. The fourth-order valence-electron chi connectivity index (χ4n) is 3.50. The molecule has 1 aromatic carbocycles. The van der Waals surface area contributed by atoms with E-state index >= 15 is 0 Å². The Morgan fingerprint density at radius 3 is 1.79 bits per heavy atom. The lowest BCUT2D eigenvalue weighted by atomic mass is 9.71. The topological polar surface area (TPSA) is 46.2 Å². The summed E-state index contributed by atoms with van der Waals surface area (Å²) in [5.74, 6) is 0.685. The van der Waals surface area contributed by atoms with E-state index in [4.69, 9.17) is 0 Å². The molecule has 0 unspecified atom stereocenters. The molecular weight excluding hydrogens is 318 g/mol. The van der Waals surface area contributed by atoms with Crippen LogP contribution < -0.4 is 4.72 Å². The number of benzene rings is 1. The zero-order valence-corrected chi connectivity index (χ0v) is 16.8. The molecule has 1 N–H and O–H groups in total. The van der Waals surface area contributed by atoms with Crippen molar-refractivity contribution >= 4 is 10.0 Å². The molecule has 1 aliphatic carbocycles. The molecule has 0 aromatic heterocycles. The first-order valence-electron chi connectivity index (χ1n) is 9.02. The van der Waals surface area contributed by atoms with Crippen molar-refractivity contribution in [2.45, 2.75) is 83.6 Å². The van der Waals surface area contributed by atoms with Gasteiger partial charge in [0.05, 0.1) is 4.90 Å². The molecule has 0 saturated heterocycles. The summed E-state index contributed by atoms with van der Waals surface area (Å²) in [6.45, 7) is 13.2. The molecule has 3 nitrogen and oxygen atoms in total. The van der Waals surface area contributed by atoms with Crippen molar-refractivity contribution in [3.63, 3.8) is 0 Å².